The average molecular weight is 910 g/mol. The molecule has 0 aromatic carbocycles. The van der Waals surface area contributed by atoms with Gasteiger partial charge in [0, 0.05) is 12.0 Å². The van der Waals surface area contributed by atoms with Crippen molar-refractivity contribution in [1.29, 1.82) is 0 Å². The van der Waals surface area contributed by atoms with Crippen LogP contribution in [0.2, 0.25) is 0 Å². The Morgan fingerprint density at radius 1 is 0.848 bits per heavy atom. The van der Waals surface area contributed by atoms with Crippen LogP contribution in [-0.4, -0.2) is 59.3 Å². The van der Waals surface area contributed by atoms with Gasteiger partial charge in [-0.2, -0.15) is 11.4 Å². The van der Waals surface area contributed by atoms with Crippen molar-refractivity contribution in [3.05, 3.63) is 102 Å². The van der Waals surface area contributed by atoms with Gasteiger partial charge in [-0.15, -0.1) is 33.5 Å². The standard InChI is InChI=1S/C55H73N4O6.Mg/c1-13-38-34(8)41-27-43-36(10)40(24-25-47(60)65-48(61)26-33(7)23-17-22-32(6)21-16-20-31(5)19-15-18-30(3)4)52(58-43)50-51(55(63)64-12)54(62)49-37(11)44(59-53(49)50)29-46-39(14-2)35(9)42(57-46)28-45(38)56-41;/h13,26-32,36,40,48,51,61H,1,14-25H2,2-12H3,(H-,58,59,62);/q-3;+2/p-1/b33-26+,42-28-,43-27-,46-29-;/t31-,32-,36+,40+,48+,51-;/m1./s1. The number of Topliss-reactive ketones (excluding diaryl/α,β-unsaturated/α-hetero) is 1. The quantitative estimate of drug-likeness (QED) is 0.0385. The van der Waals surface area contributed by atoms with Gasteiger partial charge in [0.2, 0.25) is 6.29 Å². The first-order valence-electron chi connectivity index (χ1n) is 24.1. The molecule has 0 spiro atoms. The molecule has 8 bridgehead atoms. The fourth-order valence-corrected chi connectivity index (χ4v) is 10.2. The smallest absolute Gasteiger partial charge is 0.664 e. The predicted octanol–water partition coefficient (Wildman–Crippen LogP) is 9.68. The zero-order chi connectivity index (χ0) is 47.3. The molecule has 1 fully saturated rings. The van der Waals surface area contributed by atoms with Gasteiger partial charge in [-0.3, -0.25) is 14.4 Å². The molecule has 1 saturated heterocycles. The fourth-order valence-electron chi connectivity index (χ4n) is 10.2. The van der Waals surface area contributed by atoms with E-state index in [9.17, 15) is 19.5 Å². The molecule has 1 aliphatic carbocycles. The number of aromatic nitrogens is 3. The SMILES string of the molecule is C=Cc1c2[n-]c(c1C)/C=C1\[N-]/C(=C3\c4[n-]c(c(C)c4C(=O)[C@@H]3C(=O)OC)/C=c3\[n-]/c(c(C)c3CC)=C\2)[C@@H](CCC(=O)O[C@H](O)/C=C(\C)CCC[C@H](C)CCC[C@H](C)CCCC(C)C)[C@@H]1C.[Mg+2]. The van der Waals surface area contributed by atoms with Crippen LogP contribution in [0, 0.1) is 56.3 Å². The van der Waals surface area contributed by atoms with Gasteiger partial charge in [0.1, 0.15) is 5.92 Å². The average Bonchev–Trinajstić information content (AvgIpc) is 3.99. The van der Waals surface area contributed by atoms with E-state index < -0.39 is 30.1 Å². The van der Waals surface area contributed by atoms with Gasteiger partial charge in [-0.05, 0) is 94.6 Å². The number of aliphatic hydroxyl groups is 1. The van der Waals surface area contributed by atoms with Crippen LogP contribution >= 0.6 is 0 Å². The van der Waals surface area contributed by atoms with E-state index in [-0.39, 0.29) is 47.6 Å². The molecule has 3 aromatic heterocycles. The van der Waals surface area contributed by atoms with Crippen molar-refractivity contribution in [2.24, 2.45) is 35.5 Å². The van der Waals surface area contributed by atoms with Gasteiger partial charge in [-0.25, -0.2) is 0 Å². The van der Waals surface area contributed by atoms with Gasteiger partial charge in [0.25, 0.3) is 0 Å². The molecule has 2 aliphatic heterocycles. The van der Waals surface area contributed by atoms with E-state index in [4.69, 9.17) is 29.7 Å². The summed E-state index contributed by atoms with van der Waals surface area (Å²) >= 11 is 0. The van der Waals surface area contributed by atoms with Crippen molar-refractivity contribution in [2.45, 2.75) is 153 Å². The molecule has 66 heavy (non-hydrogen) atoms. The molecule has 0 amide bonds. The molecule has 11 heteroatoms. The molecule has 0 radical (unpaired) electrons. The molecule has 352 valence electrons. The summed E-state index contributed by atoms with van der Waals surface area (Å²) in [6, 6.07) is 0. The Hall–Kier alpha value is -4.32. The van der Waals surface area contributed by atoms with Gasteiger partial charge in [0.15, 0.2) is 5.78 Å². The Bertz CT molecular complexity index is 2490. The first-order valence-corrected chi connectivity index (χ1v) is 24.1. The summed E-state index contributed by atoms with van der Waals surface area (Å²) in [6.45, 7) is 25.4. The molecule has 3 aliphatic rings. The van der Waals surface area contributed by atoms with Gasteiger partial charge < -0.3 is 34.8 Å². The van der Waals surface area contributed by atoms with Crippen LogP contribution < -0.4 is 25.7 Å². The maximum Gasteiger partial charge on any atom is 2.00 e. The molecule has 5 heterocycles. The molecular weight excluding hydrogens is 837 g/mol. The molecule has 0 unspecified atom stereocenters. The van der Waals surface area contributed by atoms with Crippen LogP contribution in [0.1, 0.15) is 180 Å². The summed E-state index contributed by atoms with van der Waals surface area (Å²) < 4.78 is 10.8. The van der Waals surface area contributed by atoms with E-state index in [1.54, 1.807) is 6.08 Å². The number of rotatable bonds is 20. The number of nitrogens with zero attached hydrogens (tertiary/aromatic N) is 4. The third-order valence-corrected chi connectivity index (χ3v) is 14.2. The second-order valence-corrected chi connectivity index (χ2v) is 19.6. The third kappa shape index (κ3) is 11.7. The Morgan fingerprint density at radius 2 is 1.48 bits per heavy atom. The first-order chi connectivity index (χ1) is 31.0. The zero-order valence-electron chi connectivity index (χ0n) is 41.6. The Morgan fingerprint density at radius 3 is 2.12 bits per heavy atom. The topological polar surface area (TPSA) is 146 Å². The third-order valence-electron chi connectivity index (χ3n) is 14.2. The molecule has 10 nitrogen and oxygen atoms in total. The second kappa shape index (κ2) is 23.1. The molecule has 3 aromatic rings. The number of hydrogen-bond donors (Lipinski definition) is 1. The van der Waals surface area contributed by atoms with Crippen molar-refractivity contribution >= 4 is 70.7 Å². The Kier molecular flexibility index (Phi) is 18.4. The van der Waals surface area contributed by atoms with E-state index >= 15 is 0 Å². The number of methoxy groups -OCH3 is 1. The maximum absolute atomic E-state index is 14.4. The number of esters is 2. The number of allylic oxidation sites excluding steroid dienone is 3. The number of fused-ring (bicyclic) bond motifs is 7. The van der Waals surface area contributed by atoms with Crippen molar-refractivity contribution in [3.63, 3.8) is 0 Å². The molecule has 6 atom stereocenters. The summed E-state index contributed by atoms with van der Waals surface area (Å²) in [5.41, 5.74) is 10.0. The van der Waals surface area contributed by atoms with Gasteiger partial charge >= 0.3 is 35.0 Å². The number of carbonyl (C=O) groups excluding carboxylic acids is 3. The van der Waals surface area contributed by atoms with E-state index in [0.717, 1.165) is 87.4 Å². The fraction of sp³-hybridized carbons (Fsp3) is 0.545. The van der Waals surface area contributed by atoms with Gasteiger partial charge in [0.05, 0.1) is 7.11 Å². The number of aliphatic hydroxyl groups excluding tert-OH is 1. The van der Waals surface area contributed by atoms with Crippen LogP contribution in [0.5, 0.6) is 0 Å². The van der Waals surface area contributed by atoms with Crippen LogP contribution in [0.3, 0.4) is 0 Å². The van der Waals surface area contributed by atoms with Gasteiger partial charge in [-0.1, -0.05) is 151 Å². The molecule has 1 N–H and O–H groups in total. The van der Waals surface area contributed by atoms with Crippen molar-refractivity contribution in [2.75, 3.05) is 7.11 Å². The Balaban J connectivity index is 0.00000817. The summed E-state index contributed by atoms with van der Waals surface area (Å²) in [5, 5.41) is 17.6. The van der Waals surface area contributed by atoms with Crippen LogP contribution in [0.15, 0.2) is 29.6 Å². The summed E-state index contributed by atoms with van der Waals surface area (Å²) in [5.74, 6) is -1.35. The number of hydrogen-bond acceptors (Lipinski definition) is 6. The van der Waals surface area contributed by atoms with Crippen molar-refractivity contribution in [3.8, 4) is 0 Å². The van der Waals surface area contributed by atoms with Crippen LogP contribution in [-0.2, 0) is 25.5 Å². The van der Waals surface area contributed by atoms with Crippen molar-refractivity contribution in [1.82, 2.24) is 15.0 Å². The number of carbonyl (C=O) groups is 3. The van der Waals surface area contributed by atoms with E-state index in [1.165, 1.54) is 45.6 Å². The second-order valence-electron chi connectivity index (χ2n) is 19.6. The van der Waals surface area contributed by atoms with Crippen molar-refractivity contribution < 1.29 is 29.0 Å². The minimum absolute atomic E-state index is 0. The van der Waals surface area contributed by atoms with Crippen LogP contribution in [0.25, 0.3) is 35.2 Å². The number of ketones is 1. The minimum atomic E-state index is -1.37. The Labute approximate surface area is 409 Å². The molecule has 0 saturated carbocycles. The van der Waals surface area contributed by atoms with Crippen LogP contribution in [0.4, 0.5) is 0 Å². The largest absolute Gasteiger partial charge is 2.00 e. The normalized spacial score (nSPS) is 22.0. The number of ether oxygens (including phenoxy) is 2. The summed E-state index contributed by atoms with van der Waals surface area (Å²) in [6.07, 6.45) is 19.6. The maximum atomic E-state index is 14.4. The zero-order valence-corrected chi connectivity index (χ0v) is 43.0. The summed E-state index contributed by atoms with van der Waals surface area (Å²) in [4.78, 5) is 56.6. The monoisotopic (exact) mass is 909 g/mol. The van der Waals surface area contributed by atoms with E-state index in [0.29, 0.717) is 45.4 Å². The molecule has 6 rings (SSSR count). The van der Waals surface area contributed by atoms with E-state index in [2.05, 4.69) is 48.1 Å². The molecular formula is C55H72MgN4O6-2. The predicted molar refractivity (Wildman–Crippen MR) is 266 cm³/mol. The summed E-state index contributed by atoms with van der Waals surface area (Å²) in [7, 11) is 1.27. The first kappa shape index (κ1) is 52.6. The minimum Gasteiger partial charge on any atom is -0.664 e. The van der Waals surface area contributed by atoms with E-state index in [1.807, 2.05) is 52.0 Å².